The second-order valence-electron chi connectivity index (χ2n) is 4.75. The van der Waals surface area contributed by atoms with Crippen LogP contribution in [0.2, 0.25) is 0 Å². The number of hydrogen-bond acceptors (Lipinski definition) is 2. The standard InChI is InChI=1S/C14H22O3/c1-4-6-8-14(17)9-7-12(13(15)16)11(5-2)10(14)3/h7,9-10,17H,4-6,8H2,1-3H3,(H,15,16). The third kappa shape index (κ3) is 2.78. The minimum absolute atomic E-state index is 0.116. The van der Waals surface area contributed by atoms with Crippen LogP contribution in [0.25, 0.3) is 0 Å². The molecule has 96 valence electrons. The first-order chi connectivity index (χ1) is 7.96. The summed E-state index contributed by atoms with van der Waals surface area (Å²) in [4.78, 5) is 11.1. The van der Waals surface area contributed by atoms with Gasteiger partial charge in [0.05, 0.1) is 11.2 Å². The van der Waals surface area contributed by atoms with Crippen LogP contribution < -0.4 is 0 Å². The molecule has 0 aromatic heterocycles. The van der Waals surface area contributed by atoms with E-state index in [-0.39, 0.29) is 5.92 Å². The fourth-order valence-electron chi connectivity index (χ4n) is 2.48. The molecule has 0 fully saturated rings. The second kappa shape index (κ2) is 5.50. The minimum atomic E-state index is -0.900. The molecule has 0 bridgehead atoms. The molecule has 0 saturated heterocycles. The molecule has 2 unspecified atom stereocenters. The van der Waals surface area contributed by atoms with Crippen molar-refractivity contribution < 1.29 is 15.0 Å². The molecule has 17 heavy (non-hydrogen) atoms. The first-order valence-electron chi connectivity index (χ1n) is 6.34. The van der Waals surface area contributed by atoms with E-state index in [1.165, 1.54) is 0 Å². The Hall–Kier alpha value is -1.09. The maximum atomic E-state index is 11.1. The molecule has 0 aromatic rings. The number of aliphatic carboxylic acids is 1. The summed E-state index contributed by atoms with van der Waals surface area (Å²) in [5, 5.41) is 19.7. The van der Waals surface area contributed by atoms with Gasteiger partial charge in [-0.25, -0.2) is 4.79 Å². The predicted molar refractivity (Wildman–Crippen MR) is 67.7 cm³/mol. The predicted octanol–water partition coefficient (Wildman–Crippen LogP) is 2.90. The molecule has 0 spiro atoms. The molecule has 0 radical (unpaired) electrons. The molecule has 0 aliphatic heterocycles. The highest BCUT2D eigenvalue weighted by molar-refractivity contribution is 5.91. The van der Waals surface area contributed by atoms with Gasteiger partial charge in [0.1, 0.15) is 0 Å². The fraction of sp³-hybridized carbons (Fsp3) is 0.643. The number of carboxylic acids is 1. The summed E-state index contributed by atoms with van der Waals surface area (Å²) in [6, 6.07) is 0. The van der Waals surface area contributed by atoms with Gasteiger partial charge in [0.15, 0.2) is 0 Å². The molecule has 0 heterocycles. The average Bonchev–Trinajstić information content (AvgIpc) is 2.29. The monoisotopic (exact) mass is 238 g/mol. The molecule has 0 saturated carbocycles. The van der Waals surface area contributed by atoms with E-state index in [1.807, 2.05) is 13.8 Å². The molecule has 3 heteroatoms. The van der Waals surface area contributed by atoms with Crippen molar-refractivity contribution in [3.63, 3.8) is 0 Å². The van der Waals surface area contributed by atoms with Crippen molar-refractivity contribution in [2.24, 2.45) is 5.92 Å². The first kappa shape index (κ1) is 14.0. The SMILES string of the molecule is CCCCC1(O)C=CC(C(=O)O)=C(CC)C1C. The van der Waals surface area contributed by atoms with Gasteiger partial charge in [0.2, 0.25) is 0 Å². The van der Waals surface area contributed by atoms with Crippen molar-refractivity contribution in [2.45, 2.75) is 52.1 Å². The molecular weight excluding hydrogens is 216 g/mol. The van der Waals surface area contributed by atoms with Crippen molar-refractivity contribution in [3.05, 3.63) is 23.3 Å². The third-order valence-corrected chi connectivity index (χ3v) is 3.70. The maximum Gasteiger partial charge on any atom is 0.335 e. The second-order valence-corrected chi connectivity index (χ2v) is 4.75. The van der Waals surface area contributed by atoms with Crippen LogP contribution in [0.4, 0.5) is 0 Å². The molecule has 2 atom stereocenters. The number of rotatable bonds is 5. The number of unbranched alkanes of at least 4 members (excludes halogenated alkanes) is 1. The van der Waals surface area contributed by atoms with Crippen molar-refractivity contribution >= 4 is 5.97 Å². The van der Waals surface area contributed by atoms with Gasteiger partial charge in [-0.3, -0.25) is 0 Å². The van der Waals surface area contributed by atoms with Crippen LogP contribution in [-0.2, 0) is 4.79 Å². The van der Waals surface area contributed by atoms with Gasteiger partial charge >= 0.3 is 5.97 Å². The lowest BCUT2D eigenvalue weighted by Crippen LogP contribution is -2.38. The van der Waals surface area contributed by atoms with Gasteiger partial charge in [-0.15, -0.1) is 0 Å². The lowest BCUT2D eigenvalue weighted by Gasteiger charge is -2.36. The van der Waals surface area contributed by atoms with Crippen molar-refractivity contribution in [2.75, 3.05) is 0 Å². The van der Waals surface area contributed by atoms with Gasteiger partial charge in [-0.05, 0) is 24.5 Å². The Morgan fingerprint density at radius 1 is 1.47 bits per heavy atom. The zero-order chi connectivity index (χ0) is 13.1. The van der Waals surface area contributed by atoms with Crippen LogP contribution in [0.1, 0.15) is 46.5 Å². The Labute approximate surface area is 103 Å². The maximum absolute atomic E-state index is 11.1. The first-order valence-corrected chi connectivity index (χ1v) is 6.34. The molecular formula is C14H22O3. The highest BCUT2D eigenvalue weighted by Crippen LogP contribution is 2.37. The topological polar surface area (TPSA) is 57.5 Å². The van der Waals surface area contributed by atoms with Crippen LogP contribution in [0.15, 0.2) is 23.3 Å². The van der Waals surface area contributed by atoms with Crippen LogP contribution >= 0.6 is 0 Å². The van der Waals surface area contributed by atoms with E-state index in [2.05, 4.69) is 6.92 Å². The fourth-order valence-corrected chi connectivity index (χ4v) is 2.48. The largest absolute Gasteiger partial charge is 0.478 e. The molecule has 1 aliphatic carbocycles. The molecule has 1 aliphatic rings. The number of carbonyl (C=O) groups is 1. The van der Waals surface area contributed by atoms with Gasteiger partial charge in [-0.2, -0.15) is 0 Å². The van der Waals surface area contributed by atoms with Crippen LogP contribution in [0.3, 0.4) is 0 Å². The molecule has 3 nitrogen and oxygen atoms in total. The quantitative estimate of drug-likeness (QED) is 0.774. The highest BCUT2D eigenvalue weighted by Gasteiger charge is 2.37. The summed E-state index contributed by atoms with van der Waals surface area (Å²) in [6.45, 7) is 5.94. The zero-order valence-electron chi connectivity index (χ0n) is 10.9. The van der Waals surface area contributed by atoms with E-state index in [9.17, 15) is 9.90 Å². The van der Waals surface area contributed by atoms with Crippen molar-refractivity contribution in [1.29, 1.82) is 0 Å². The van der Waals surface area contributed by atoms with E-state index < -0.39 is 11.6 Å². The van der Waals surface area contributed by atoms with Gasteiger partial charge in [-0.1, -0.05) is 39.7 Å². The minimum Gasteiger partial charge on any atom is -0.478 e. The van der Waals surface area contributed by atoms with E-state index in [1.54, 1.807) is 12.2 Å². The summed E-state index contributed by atoms with van der Waals surface area (Å²) in [5.41, 5.74) is 0.320. The van der Waals surface area contributed by atoms with Gasteiger partial charge in [0, 0.05) is 5.92 Å². The summed E-state index contributed by atoms with van der Waals surface area (Å²) < 4.78 is 0. The van der Waals surface area contributed by atoms with Crippen LogP contribution in [-0.4, -0.2) is 21.8 Å². The summed E-state index contributed by atoms with van der Waals surface area (Å²) >= 11 is 0. The van der Waals surface area contributed by atoms with Crippen molar-refractivity contribution in [1.82, 2.24) is 0 Å². The summed E-state index contributed by atoms with van der Waals surface area (Å²) in [5.74, 6) is -1.02. The lowest BCUT2D eigenvalue weighted by atomic mass is 9.73. The zero-order valence-corrected chi connectivity index (χ0v) is 10.9. The van der Waals surface area contributed by atoms with Crippen LogP contribution in [0, 0.1) is 5.92 Å². The normalized spacial score (nSPS) is 28.6. The Morgan fingerprint density at radius 3 is 2.59 bits per heavy atom. The Morgan fingerprint density at radius 2 is 2.12 bits per heavy atom. The summed E-state index contributed by atoms with van der Waals surface area (Å²) in [6.07, 6.45) is 6.57. The average molecular weight is 238 g/mol. The Bertz CT molecular complexity index is 354. The smallest absolute Gasteiger partial charge is 0.335 e. The lowest BCUT2D eigenvalue weighted by molar-refractivity contribution is -0.132. The summed E-state index contributed by atoms with van der Waals surface area (Å²) in [7, 11) is 0. The molecule has 0 aromatic carbocycles. The third-order valence-electron chi connectivity index (χ3n) is 3.70. The van der Waals surface area contributed by atoms with E-state index >= 15 is 0 Å². The molecule has 1 rings (SSSR count). The van der Waals surface area contributed by atoms with E-state index in [0.29, 0.717) is 18.4 Å². The number of aliphatic hydroxyl groups is 1. The molecule has 0 amide bonds. The Balaban J connectivity index is 3.01. The Kier molecular flexibility index (Phi) is 4.52. The van der Waals surface area contributed by atoms with Gasteiger partial charge in [0.25, 0.3) is 0 Å². The van der Waals surface area contributed by atoms with Crippen LogP contribution in [0.5, 0.6) is 0 Å². The number of carboxylic acid groups (broad SMARTS) is 1. The van der Waals surface area contributed by atoms with E-state index in [0.717, 1.165) is 18.4 Å². The van der Waals surface area contributed by atoms with E-state index in [4.69, 9.17) is 5.11 Å². The van der Waals surface area contributed by atoms with Crippen molar-refractivity contribution in [3.8, 4) is 0 Å². The number of hydrogen-bond donors (Lipinski definition) is 2. The highest BCUT2D eigenvalue weighted by atomic mass is 16.4. The van der Waals surface area contributed by atoms with Gasteiger partial charge < -0.3 is 10.2 Å². The molecule has 2 N–H and O–H groups in total.